The second-order valence-electron chi connectivity index (χ2n) is 2.90. The van der Waals surface area contributed by atoms with Crippen LogP contribution in [-0.4, -0.2) is 27.1 Å². The fourth-order valence-corrected chi connectivity index (χ4v) is 1.29. The van der Waals surface area contributed by atoms with E-state index in [1.807, 2.05) is 13.0 Å². The molecule has 0 aromatic carbocycles. The molecular weight excluding hydrogens is 186 g/mol. The van der Waals surface area contributed by atoms with E-state index in [9.17, 15) is 10.2 Å². The summed E-state index contributed by atoms with van der Waals surface area (Å²) in [6.45, 7) is 1.84. The van der Waals surface area contributed by atoms with E-state index in [2.05, 4.69) is 17.6 Å². The zero-order chi connectivity index (χ0) is 9.84. The molecule has 0 spiro atoms. The Balaban J connectivity index is 2.88. The third kappa shape index (κ3) is 2.43. The first-order valence-electron chi connectivity index (χ1n) is 4.05. The normalized spacial score (nSPS) is 15.4. The van der Waals surface area contributed by atoms with Gasteiger partial charge in [-0.15, -0.1) is 0 Å². The van der Waals surface area contributed by atoms with Crippen LogP contribution in [0.15, 0.2) is 18.3 Å². The molecular formula is C9H13NO2S. The van der Waals surface area contributed by atoms with Crippen molar-refractivity contribution in [3.8, 4) is 0 Å². The van der Waals surface area contributed by atoms with Gasteiger partial charge in [0.15, 0.2) is 0 Å². The maximum absolute atomic E-state index is 9.61. The highest BCUT2D eigenvalue weighted by Gasteiger charge is 2.19. The first-order chi connectivity index (χ1) is 6.16. The molecule has 1 aromatic heterocycles. The van der Waals surface area contributed by atoms with Crippen LogP contribution in [0, 0.1) is 6.92 Å². The third-order valence-corrected chi connectivity index (χ3v) is 2.26. The van der Waals surface area contributed by atoms with Gasteiger partial charge in [0.25, 0.3) is 0 Å². The van der Waals surface area contributed by atoms with E-state index in [1.54, 1.807) is 12.3 Å². The number of pyridine rings is 1. The van der Waals surface area contributed by atoms with Crippen LogP contribution in [0.2, 0.25) is 0 Å². The molecule has 2 unspecified atom stereocenters. The number of hydrogen-bond acceptors (Lipinski definition) is 4. The van der Waals surface area contributed by atoms with Gasteiger partial charge in [-0.05, 0) is 18.6 Å². The number of aromatic nitrogens is 1. The Bertz CT molecular complexity index is 280. The van der Waals surface area contributed by atoms with Crippen LogP contribution >= 0.6 is 12.6 Å². The predicted molar refractivity (Wildman–Crippen MR) is 53.8 cm³/mol. The predicted octanol–water partition coefficient (Wildman–Crippen LogP) is 0.714. The summed E-state index contributed by atoms with van der Waals surface area (Å²) in [5.74, 6) is 0.219. The molecule has 3 nitrogen and oxygen atoms in total. The first kappa shape index (κ1) is 10.5. The maximum Gasteiger partial charge on any atom is 0.123 e. The van der Waals surface area contributed by atoms with Gasteiger partial charge in [0.1, 0.15) is 6.10 Å². The van der Waals surface area contributed by atoms with E-state index in [4.69, 9.17) is 0 Å². The molecule has 0 fully saturated rings. The minimum Gasteiger partial charge on any atom is -0.389 e. The number of aliphatic hydroxyl groups is 2. The molecule has 1 aromatic rings. The van der Waals surface area contributed by atoms with Crippen molar-refractivity contribution in [2.45, 2.75) is 19.1 Å². The van der Waals surface area contributed by atoms with E-state index in [0.29, 0.717) is 5.69 Å². The van der Waals surface area contributed by atoms with E-state index in [-0.39, 0.29) is 5.75 Å². The van der Waals surface area contributed by atoms with Gasteiger partial charge in [-0.25, -0.2) is 0 Å². The smallest absolute Gasteiger partial charge is 0.123 e. The van der Waals surface area contributed by atoms with Gasteiger partial charge < -0.3 is 10.2 Å². The van der Waals surface area contributed by atoms with Crippen molar-refractivity contribution >= 4 is 12.6 Å². The number of aliphatic hydroxyl groups excluding tert-OH is 2. The Labute approximate surface area is 82.9 Å². The standard InChI is InChI=1S/C9H13NO2S/c1-6-3-2-4-10-8(6)9(12)7(11)5-13/h2-4,7,9,11-13H,5H2,1H3. The molecule has 0 aliphatic carbocycles. The third-order valence-electron chi connectivity index (χ3n) is 1.88. The van der Waals surface area contributed by atoms with Gasteiger partial charge in [0, 0.05) is 11.9 Å². The van der Waals surface area contributed by atoms with E-state index >= 15 is 0 Å². The molecule has 1 rings (SSSR count). The fraction of sp³-hybridized carbons (Fsp3) is 0.444. The summed E-state index contributed by atoms with van der Waals surface area (Å²) in [4.78, 5) is 4.00. The summed E-state index contributed by atoms with van der Waals surface area (Å²) in [5, 5.41) is 18.9. The number of rotatable bonds is 3. The minimum absolute atomic E-state index is 0.219. The SMILES string of the molecule is Cc1cccnc1C(O)C(O)CS. The molecule has 0 saturated heterocycles. The molecule has 0 saturated carbocycles. The highest BCUT2D eigenvalue weighted by atomic mass is 32.1. The second-order valence-corrected chi connectivity index (χ2v) is 3.27. The minimum atomic E-state index is -0.946. The van der Waals surface area contributed by atoms with Crippen molar-refractivity contribution in [1.29, 1.82) is 0 Å². The van der Waals surface area contributed by atoms with E-state index in [0.717, 1.165) is 5.56 Å². The Kier molecular flexibility index (Phi) is 3.71. The highest BCUT2D eigenvalue weighted by Crippen LogP contribution is 2.18. The summed E-state index contributed by atoms with van der Waals surface area (Å²) in [6, 6.07) is 3.63. The topological polar surface area (TPSA) is 53.4 Å². The second kappa shape index (κ2) is 4.60. The quantitative estimate of drug-likeness (QED) is 0.629. The van der Waals surface area contributed by atoms with Gasteiger partial charge in [-0.2, -0.15) is 12.6 Å². The first-order valence-corrected chi connectivity index (χ1v) is 4.68. The van der Waals surface area contributed by atoms with Gasteiger partial charge in [0.05, 0.1) is 11.8 Å². The largest absolute Gasteiger partial charge is 0.389 e. The highest BCUT2D eigenvalue weighted by molar-refractivity contribution is 7.80. The summed E-state index contributed by atoms with van der Waals surface area (Å²) >= 11 is 3.90. The van der Waals surface area contributed by atoms with Crippen LogP contribution in [0.1, 0.15) is 17.4 Å². The Morgan fingerprint density at radius 1 is 1.54 bits per heavy atom. The van der Waals surface area contributed by atoms with Crippen LogP contribution in [0.25, 0.3) is 0 Å². The molecule has 0 aliphatic rings. The zero-order valence-electron chi connectivity index (χ0n) is 7.38. The lowest BCUT2D eigenvalue weighted by Crippen LogP contribution is -2.21. The lowest BCUT2D eigenvalue weighted by Gasteiger charge is -2.16. The van der Waals surface area contributed by atoms with Crippen molar-refractivity contribution < 1.29 is 10.2 Å². The lowest BCUT2D eigenvalue weighted by molar-refractivity contribution is 0.0306. The zero-order valence-corrected chi connectivity index (χ0v) is 8.28. The number of aryl methyl sites for hydroxylation is 1. The summed E-state index contributed by atoms with van der Waals surface area (Å²) in [5.41, 5.74) is 1.39. The van der Waals surface area contributed by atoms with Crippen LogP contribution < -0.4 is 0 Å². The monoisotopic (exact) mass is 199 g/mol. The number of thiol groups is 1. The molecule has 2 atom stereocenters. The summed E-state index contributed by atoms with van der Waals surface area (Å²) in [7, 11) is 0. The van der Waals surface area contributed by atoms with Crippen LogP contribution in [0.3, 0.4) is 0 Å². The molecule has 72 valence electrons. The molecule has 0 amide bonds. The molecule has 0 radical (unpaired) electrons. The molecule has 13 heavy (non-hydrogen) atoms. The molecule has 2 N–H and O–H groups in total. The summed E-state index contributed by atoms with van der Waals surface area (Å²) in [6.07, 6.45) is -0.216. The van der Waals surface area contributed by atoms with Gasteiger partial charge in [-0.3, -0.25) is 4.98 Å². The number of hydrogen-bond donors (Lipinski definition) is 3. The molecule has 4 heteroatoms. The van der Waals surface area contributed by atoms with E-state index < -0.39 is 12.2 Å². The van der Waals surface area contributed by atoms with Crippen molar-refractivity contribution in [2.24, 2.45) is 0 Å². The van der Waals surface area contributed by atoms with Gasteiger partial charge in [-0.1, -0.05) is 6.07 Å². The number of nitrogens with zero attached hydrogens (tertiary/aromatic N) is 1. The maximum atomic E-state index is 9.61. The Morgan fingerprint density at radius 3 is 2.77 bits per heavy atom. The molecule has 0 aliphatic heterocycles. The average molecular weight is 199 g/mol. The van der Waals surface area contributed by atoms with Crippen LogP contribution in [0.5, 0.6) is 0 Å². The van der Waals surface area contributed by atoms with Crippen LogP contribution in [-0.2, 0) is 0 Å². The molecule has 0 bridgehead atoms. The van der Waals surface area contributed by atoms with Gasteiger partial charge >= 0.3 is 0 Å². The van der Waals surface area contributed by atoms with Crippen molar-refractivity contribution in [3.63, 3.8) is 0 Å². The lowest BCUT2D eigenvalue weighted by atomic mass is 10.1. The average Bonchev–Trinajstić information content (AvgIpc) is 2.16. The van der Waals surface area contributed by atoms with Crippen molar-refractivity contribution in [1.82, 2.24) is 4.98 Å². The Hall–Kier alpha value is -0.580. The van der Waals surface area contributed by atoms with Crippen molar-refractivity contribution in [2.75, 3.05) is 5.75 Å². The van der Waals surface area contributed by atoms with Crippen LogP contribution in [0.4, 0.5) is 0 Å². The fourth-order valence-electron chi connectivity index (χ4n) is 1.09. The van der Waals surface area contributed by atoms with Gasteiger partial charge in [0.2, 0.25) is 0 Å². The summed E-state index contributed by atoms with van der Waals surface area (Å²) < 4.78 is 0. The Morgan fingerprint density at radius 2 is 2.23 bits per heavy atom. The van der Waals surface area contributed by atoms with E-state index in [1.165, 1.54) is 0 Å². The van der Waals surface area contributed by atoms with Crippen molar-refractivity contribution in [3.05, 3.63) is 29.6 Å². The molecule has 1 heterocycles.